The molecule has 1 aromatic carbocycles. The van der Waals surface area contributed by atoms with Crippen molar-refractivity contribution in [3.8, 4) is 0 Å². The van der Waals surface area contributed by atoms with Crippen molar-refractivity contribution in [3.05, 3.63) is 36.1 Å². The summed E-state index contributed by atoms with van der Waals surface area (Å²) in [6.07, 6.45) is 1.37. The Morgan fingerprint density at radius 3 is 2.62 bits per heavy atom. The molecule has 1 fully saturated rings. The first kappa shape index (κ1) is 14.1. The summed E-state index contributed by atoms with van der Waals surface area (Å²) in [5, 5.41) is 10.4. The van der Waals surface area contributed by atoms with Gasteiger partial charge < -0.3 is 9.52 Å². The molecule has 1 aliphatic rings. The molecule has 0 saturated carbocycles. The number of carboxylic acids is 1. The van der Waals surface area contributed by atoms with Crippen LogP contribution in [0.25, 0.3) is 11.0 Å². The predicted molar refractivity (Wildman–Crippen MR) is 81.2 cm³/mol. The topological polar surface area (TPSA) is 53.7 Å². The fourth-order valence-corrected chi connectivity index (χ4v) is 3.01. The van der Waals surface area contributed by atoms with E-state index in [0.717, 1.165) is 29.8 Å². The van der Waals surface area contributed by atoms with Crippen LogP contribution in [0.4, 0.5) is 0 Å². The number of rotatable bonds is 3. The lowest BCUT2D eigenvalue weighted by atomic mass is 9.80. The molecule has 2 heterocycles. The number of furan rings is 1. The number of hydrogen-bond donors (Lipinski definition) is 1. The Balaban J connectivity index is 1.74. The summed E-state index contributed by atoms with van der Waals surface area (Å²) in [7, 11) is 0. The van der Waals surface area contributed by atoms with Gasteiger partial charge in [-0.15, -0.1) is 0 Å². The molecule has 0 spiro atoms. The first-order valence-electron chi connectivity index (χ1n) is 7.45. The Kier molecular flexibility index (Phi) is 3.49. The van der Waals surface area contributed by atoms with E-state index in [1.165, 1.54) is 0 Å². The lowest BCUT2D eigenvalue weighted by Gasteiger charge is -2.38. The monoisotopic (exact) mass is 287 g/mol. The summed E-state index contributed by atoms with van der Waals surface area (Å²) < 4.78 is 5.92. The molecule has 1 N–H and O–H groups in total. The van der Waals surface area contributed by atoms with Gasteiger partial charge in [-0.1, -0.05) is 18.2 Å². The molecule has 1 aromatic heterocycles. The van der Waals surface area contributed by atoms with Crippen molar-refractivity contribution >= 4 is 16.9 Å². The molecule has 112 valence electrons. The average Bonchev–Trinajstić information content (AvgIpc) is 2.91. The van der Waals surface area contributed by atoms with E-state index < -0.39 is 11.4 Å². The summed E-state index contributed by atoms with van der Waals surface area (Å²) in [6.45, 7) is 5.56. The van der Waals surface area contributed by atoms with E-state index in [2.05, 4.69) is 17.9 Å². The lowest BCUT2D eigenvalue weighted by Crippen LogP contribution is -2.43. The minimum Gasteiger partial charge on any atom is -0.481 e. The normalized spacial score (nSPS) is 20.5. The van der Waals surface area contributed by atoms with E-state index in [4.69, 9.17) is 4.42 Å². The van der Waals surface area contributed by atoms with Crippen molar-refractivity contribution in [2.75, 3.05) is 13.1 Å². The van der Waals surface area contributed by atoms with Crippen molar-refractivity contribution in [2.45, 2.75) is 32.7 Å². The van der Waals surface area contributed by atoms with Gasteiger partial charge in [0.15, 0.2) is 0 Å². The zero-order valence-electron chi connectivity index (χ0n) is 12.5. The van der Waals surface area contributed by atoms with Crippen LogP contribution in [0.5, 0.6) is 0 Å². The van der Waals surface area contributed by atoms with Crippen molar-refractivity contribution < 1.29 is 14.3 Å². The molecule has 0 radical (unpaired) electrons. The summed E-state index contributed by atoms with van der Waals surface area (Å²) in [4.78, 5) is 13.6. The minimum absolute atomic E-state index is 0.177. The van der Waals surface area contributed by atoms with Crippen LogP contribution in [-0.2, 0) is 4.79 Å². The fourth-order valence-electron chi connectivity index (χ4n) is 3.01. The first-order chi connectivity index (χ1) is 9.99. The number of aliphatic carboxylic acids is 1. The maximum atomic E-state index is 11.3. The highest BCUT2D eigenvalue weighted by molar-refractivity contribution is 5.77. The van der Waals surface area contributed by atoms with Crippen LogP contribution in [0.2, 0.25) is 0 Å². The van der Waals surface area contributed by atoms with Gasteiger partial charge in [-0.25, -0.2) is 0 Å². The number of carbonyl (C=O) groups is 1. The van der Waals surface area contributed by atoms with Crippen LogP contribution in [0.1, 0.15) is 38.5 Å². The van der Waals surface area contributed by atoms with Crippen LogP contribution in [-0.4, -0.2) is 29.1 Å². The third kappa shape index (κ3) is 2.56. The van der Waals surface area contributed by atoms with Gasteiger partial charge in [0, 0.05) is 5.39 Å². The maximum Gasteiger partial charge on any atom is 0.309 e. The van der Waals surface area contributed by atoms with Crippen LogP contribution < -0.4 is 0 Å². The number of fused-ring (bicyclic) bond motifs is 1. The van der Waals surface area contributed by atoms with Crippen LogP contribution in [0.15, 0.2) is 34.7 Å². The number of hydrogen-bond acceptors (Lipinski definition) is 3. The lowest BCUT2D eigenvalue weighted by molar-refractivity contribution is -0.151. The smallest absolute Gasteiger partial charge is 0.309 e. The second kappa shape index (κ2) is 5.19. The molecule has 0 aliphatic carbocycles. The number of piperidine rings is 1. The molecule has 4 heteroatoms. The highest BCUT2D eigenvalue weighted by atomic mass is 16.4. The molecule has 21 heavy (non-hydrogen) atoms. The van der Waals surface area contributed by atoms with Gasteiger partial charge in [-0.3, -0.25) is 9.69 Å². The number of para-hydroxylation sites is 1. The Hall–Kier alpha value is -1.81. The van der Waals surface area contributed by atoms with E-state index >= 15 is 0 Å². The molecule has 0 amide bonds. The van der Waals surface area contributed by atoms with Crippen LogP contribution in [0.3, 0.4) is 0 Å². The van der Waals surface area contributed by atoms with Crippen molar-refractivity contribution in [1.29, 1.82) is 0 Å². The van der Waals surface area contributed by atoms with Crippen molar-refractivity contribution in [1.82, 2.24) is 4.90 Å². The van der Waals surface area contributed by atoms with Gasteiger partial charge in [0.25, 0.3) is 0 Å². The van der Waals surface area contributed by atoms with E-state index in [-0.39, 0.29) is 6.04 Å². The standard InChI is InChI=1S/C17H21NO3/c1-12(15-11-13-5-3-4-6-14(13)21-15)18-9-7-17(2,8-10-18)16(19)20/h3-6,11-12H,7-10H2,1-2H3,(H,19,20). The Morgan fingerprint density at radius 2 is 2.00 bits per heavy atom. The number of carboxylic acid groups (broad SMARTS) is 1. The molecule has 1 aliphatic heterocycles. The van der Waals surface area contributed by atoms with E-state index in [9.17, 15) is 9.90 Å². The summed E-state index contributed by atoms with van der Waals surface area (Å²) in [6, 6.07) is 10.3. The Morgan fingerprint density at radius 1 is 1.33 bits per heavy atom. The average molecular weight is 287 g/mol. The van der Waals surface area contributed by atoms with E-state index in [1.807, 2.05) is 31.2 Å². The first-order valence-corrected chi connectivity index (χ1v) is 7.45. The largest absolute Gasteiger partial charge is 0.481 e. The van der Waals surface area contributed by atoms with Gasteiger partial charge in [0.05, 0.1) is 11.5 Å². The van der Waals surface area contributed by atoms with Gasteiger partial charge in [-0.05, 0) is 51.9 Å². The molecule has 0 bridgehead atoms. The zero-order chi connectivity index (χ0) is 15.0. The molecular weight excluding hydrogens is 266 g/mol. The Labute approximate surface area is 124 Å². The van der Waals surface area contributed by atoms with Gasteiger partial charge in [0.2, 0.25) is 0 Å². The summed E-state index contributed by atoms with van der Waals surface area (Å²) in [5.41, 5.74) is 0.330. The zero-order valence-corrected chi connectivity index (χ0v) is 12.5. The van der Waals surface area contributed by atoms with Crippen LogP contribution in [0, 0.1) is 5.41 Å². The molecule has 1 unspecified atom stereocenters. The van der Waals surface area contributed by atoms with Crippen molar-refractivity contribution in [3.63, 3.8) is 0 Å². The second-order valence-corrected chi connectivity index (χ2v) is 6.26. The van der Waals surface area contributed by atoms with Gasteiger partial charge >= 0.3 is 5.97 Å². The van der Waals surface area contributed by atoms with Gasteiger partial charge in [0.1, 0.15) is 11.3 Å². The maximum absolute atomic E-state index is 11.3. The minimum atomic E-state index is -0.682. The van der Waals surface area contributed by atoms with Crippen LogP contribution >= 0.6 is 0 Å². The predicted octanol–water partition coefficient (Wildman–Crippen LogP) is 3.68. The molecule has 4 nitrogen and oxygen atoms in total. The summed E-state index contributed by atoms with van der Waals surface area (Å²) >= 11 is 0. The third-order valence-corrected chi connectivity index (χ3v) is 4.82. The Bertz CT molecular complexity index is 620. The molecule has 2 aromatic rings. The second-order valence-electron chi connectivity index (χ2n) is 6.26. The fraction of sp³-hybridized carbons (Fsp3) is 0.471. The highest BCUT2D eigenvalue weighted by Gasteiger charge is 2.38. The number of likely N-dealkylation sites (tertiary alicyclic amines) is 1. The van der Waals surface area contributed by atoms with E-state index in [0.29, 0.717) is 12.8 Å². The molecule has 3 rings (SSSR count). The summed E-state index contributed by atoms with van der Waals surface area (Å²) in [5.74, 6) is 0.272. The van der Waals surface area contributed by atoms with Crippen molar-refractivity contribution in [2.24, 2.45) is 5.41 Å². The number of nitrogens with zero attached hydrogens (tertiary/aromatic N) is 1. The molecule has 1 atom stereocenters. The highest BCUT2D eigenvalue weighted by Crippen LogP contribution is 2.35. The number of benzene rings is 1. The molecular formula is C17H21NO3. The SMILES string of the molecule is CC(c1cc2ccccc2o1)N1CCC(C)(C(=O)O)CC1. The third-order valence-electron chi connectivity index (χ3n) is 4.82. The molecule has 1 saturated heterocycles. The van der Waals surface area contributed by atoms with E-state index in [1.54, 1.807) is 0 Å². The van der Waals surface area contributed by atoms with Gasteiger partial charge in [-0.2, -0.15) is 0 Å². The quantitative estimate of drug-likeness (QED) is 0.935.